The molecule has 0 aliphatic rings. The molecule has 0 bridgehead atoms. The number of aliphatic carboxylic acids is 1. The van der Waals surface area contributed by atoms with Gasteiger partial charge in [-0.05, 0) is 55.9 Å². The predicted molar refractivity (Wildman–Crippen MR) is 140 cm³/mol. The van der Waals surface area contributed by atoms with Crippen molar-refractivity contribution in [2.45, 2.75) is 46.1 Å². The van der Waals surface area contributed by atoms with E-state index in [9.17, 15) is 14.7 Å². The molecular weight excluding hydrogens is 466 g/mol. The highest BCUT2D eigenvalue weighted by molar-refractivity contribution is 7.99. The normalized spacial score (nSPS) is 11.6. The largest absolute Gasteiger partial charge is 0.492 e. The summed E-state index contributed by atoms with van der Waals surface area (Å²) in [6.45, 7) is 7.56. The van der Waals surface area contributed by atoms with E-state index < -0.39 is 12.1 Å². The molecule has 2 aromatic rings. The fourth-order valence-corrected chi connectivity index (χ4v) is 4.26. The third-order valence-electron chi connectivity index (χ3n) is 5.25. The molecule has 0 aliphatic heterocycles. The number of unbranched alkanes of at least 4 members (excludes halogenated alkanes) is 1. The van der Waals surface area contributed by atoms with Gasteiger partial charge in [0.25, 0.3) is 0 Å². The Morgan fingerprint density at radius 3 is 2.29 bits per heavy atom. The number of carbonyl (C=O) groups excluding carboxylic acids is 1. The molecule has 1 unspecified atom stereocenters. The number of amides is 1. The monoisotopic (exact) mass is 503 g/mol. The minimum atomic E-state index is -0.974. The van der Waals surface area contributed by atoms with Crippen LogP contribution >= 0.6 is 11.8 Å². The van der Waals surface area contributed by atoms with Crippen LogP contribution in [-0.4, -0.2) is 66.0 Å². The highest BCUT2D eigenvalue weighted by Crippen LogP contribution is 2.16. The lowest BCUT2D eigenvalue weighted by molar-refractivity contribution is -0.149. The minimum absolute atomic E-state index is 0.289. The van der Waals surface area contributed by atoms with Crippen molar-refractivity contribution in [2.75, 3.05) is 37.8 Å². The maximum atomic E-state index is 12.8. The topological polar surface area (TPSA) is 85.3 Å². The second-order valence-electron chi connectivity index (χ2n) is 8.11. The van der Waals surface area contributed by atoms with E-state index >= 15 is 0 Å². The van der Waals surface area contributed by atoms with E-state index in [4.69, 9.17) is 14.2 Å². The molecule has 1 amide bonds. The van der Waals surface area contributed by atoms with Crippen LogP contribution in [0.15, 0.2) is 48.5 Å². The molecule has 0 saturated carbocycles. The van der Waals surface area contributed by atoms with Crippen LogP contribution in [0.2, 0.25) is 0 Å². The molecule has 35 heavy (non-hydrogen) atoms. The Kier molecular flexibility index (Phi) is 13.1. The molecule has 0 spiro atoms. The van der Waals surface area contributed by atoms with Crippen molar-refractivity contribution in [2.24, 2.45) is 0 Å². The number of hydrogen-bond donors (Lipinski definition) is 1. The highest BCUT2D eigenvalue weighted by Gasteiger charge is 2.18. The van der Waals surface area contributed by atoms with Crippen LogP contribution in [0.4, 0.5) is 4.79 Å². The number of aryl methyl sites for hydroxylation is 1. The van der Waals surface area contributed by atoms with Gasteiger partial charge in [0.15, 0.2) is 6.10 Å². The van der Waals surface area contributed by atoms with Crippen LogP contribution in [0.5, 0.6) is 11.5 Å². The van der Waals surface area contributed by atoms with E-state index in [2.05, 4.69) is 6.92 Å². The van der Waals surface area contributed by atoms with E-state index in [1.165, 1.54) is 0 Å². The van der Waals surface area contributed by atoms with Crippen LogP contribution in [-0.2, 0) is 16.0 Å². The summed E-state index contributed by atoms with van der Waals surface area (Å²) in [6, 6.07) is 14.7. The Balaban J connectivity index is 1.89. The van der Waals surface area contributed by atoms with Crippen molar-refractivity contribution in [1.82, 2.24) is 4.90 Å². The molecule has 0 saturated heterocycles. The Morgan fingerprint density at radius 1 is 0.971 bits per heavy atom. The van der Waals surface area contributed by atoms with Gasteiger partial charge in [-0.25, -0.2) is 9.59 Å². The van der Waals surface area contributed by atoms with Crippen molar-refractivity contribution < 1.29 is 28.9 Å². The van der Waals surface area contributed by atoms with Crippen LogP contribution in [0, 0.1) is 6.92 Å². The summed E-state index contributed by atoms with van der Waals surface area (Å²) >= 11 is 1.83. The molecule has 2 rings (SSSR count). The van der Waals surface area contributed by atoms with Gasteiger partial charge in [0.1, 0.15) is 18.1 Å². The number of ether oxygens (including phenoxy) is 3. The molecule has 0 aromatic heterocycles. The zero-order chi connectivity index (χ0) is 25.5. The maximum absolute atomic E-state index is 12.8. The average Bonchev–Trinajstić information content (AvgIpc) is 2.84. The van der Waals surface area contributed by atoms with Gasteiger partial charge in [-0.3, -0.25) is 0 Å². The molecule has 0 aliphatic carbocycles. The Bertz CT molecular complexity index is 888. The van der Waals surface area contributed by atoms with Gasteiger partial charge in [-0.2, -0.15) is 11.8 Å². The van der Waals surface area contributed by atoms with Crippen molar-refractivity contribution in [3.63, 3.8) is 0 Å². The molecule has 2 aromatic carbocycles. The van der Waals surface area contributed by atoms with Crippen molar-refractivity contribution in [1.29, 1.82) is 0 Å². The van der Waals surface area contributed by atoms with Crippen molar-refractivity contribution in [3.05, 3.63) is 59.7 Å². The van der Waals surface area contributed by atoms with Crippen LogP contribution in [0.25, 0.3) is 0 Å². The van der Waals surface area contributed by atoms with E-state index in [0.717, 1.165) is 35.5 Å². The Hall–Kier alpha value is -2.71. The lowest BCUT2D eigenvalue weighted by Gasteiger charge is -2.22. The third kappa shape index (κ3) is 11.0. The zero-order valence-electron chi connectivity index (χ0n) is 20.9. The summed E-state index contributed by atoms with van der Waals surface area (Å²) in [4.78, 5) is 25.8. The fourth-order valence-electron chi connectivity index (χ4n) is 3.22. The molecule has 8 heteroatoms. The number of benzene rings is 2. The minimum Gasteiger partial charge on any atom is -0.492 e. The summed E-state index contributed by atoms with van der Waals surface area (Å²) in [7, 11) is 0. The number of carboxylic acid groups (broad SMARTS) is 1. The van der Waals surface area contributed by atoms with Gasteiger partial charge in [0, 0.05) is 25.3 Å². The SMILES string of the molecule is CCCCSCCN(CCOc1ccc(CC(OCC)C(=O)O)cc1)C(=O)Oc1ccc(C)cc1. The maximum Gasteiger partial charge on any atom is 0.415 e. The number of carbonyl (C=O) groups is 2. The van der Waals surface area contributed by atoms with Gasteiger partial charge in [0.05, 0.1) is 6.54 Å². The second-order valence-corrected chi connectivity index (χ2v) is 9.34. The van der Waals surface area contributed by atoms with Gasteiger partial charge < -0.3 is 24.2 Å². The predicted octanol–water partition coefficient (Wildman–Crippen LogP) is 5.44. The molecule has 0 fully saturated rings. The zero-order valence-corrected chi connectivity index (χ0v) is 21.7. The first-order valence-corrected chi connectivity index (χ1v) is 13.3. The summed E-state index contributed by atoms with van der Waals surface area (Å²) in [6.07, 6.45) is 1.35. The van der Waals surface area contributed by atoms with Crippen molar-refractivity contribution in [3.8, 4) is 11.5 Å². The number of rotatable bonds is 16. The molecule has 1 atom stereocenters. The molecule has 0 radical (unpaired) electrons. The first-order valence-electron chi connectivity index (χ1n) is 12.1. The molecule has 7 nitrogen and oxygen atoms in total. The van der Waals surface area contributed by atoms with Gasteiger partial charge in [-0.15, -0.1) is 0 Å². The van der Waals surface area contributed by atoms with Gasteiger partial charge >= 0.3 is 12.1 Å². The third-order valence-corrected chi connectivity index (χ3v) is 6.30. The molecule has 1 N–H and O–H groups in total. The number of thioether (sulfide) groups is 1. The molecule has 0 heterocycles. The van der Waals surface area contributed by atoms with E-state index in [1.807, 2.05) is 43.0 Å². The first kappa shape index (κ1) is 28.5. The number of nitrogens with zero attached hydrogens (tertiary/aromatic N) is 1. The summed E-state index contributed by atoms with van der Waals surface area (Å²) in [5.74, 6) is 2.11. The summed E-state index contributed by atoms with van der Waals surface area (Å²) < 4.78 is 16.7. The van der Waals surface area contributed by atoms with E-state index in [1.54, 1.807) is 36.1 Å². The Labute approximate surface area is 212 Å². The first-order chi connectivity index (χ1) is 16.9. The van der Waals surface area contributed by atoms with E-state index in [-0.39, 0.29) is 12.5 Å². The lowest BCUT2D eigenvalue weighted by atomic mass is 10.1. The van der Waals surface area contributed by atoms with E-state index in [0.29, 0.717) is 37.8 Å². The van der Waals surface area contributed by atoms with Crippen LogP contribution in [0.1, 0.15) is 37.8 Å². The molecule has 192 valence electrons. The van der Waals surface area contributed by atoms with Crippen LogP contribution in [0.3, 0.4) is 0 Å². The highest BCUT2D eigenvalue weighted by atomic mass is 32.2. The van der Waals surface area contributed by atoms with Gasteiger partial charge in [0.2, 0.25) is 0 Å². The standard InChI is InChI=1S/C27H37NO6S/c1-4-6-18-35-19-16-28(27(31)34-24-11-7-21(3)8-12-24)15-17-33-23-13-9-22(10-14-23)20-25(26(29)30)32-5-2/h7-14,25H,4-6,15-20H2,1-3H3,(H,29,30). The molecular formula is C27H37NO6S. The Morgan fingerprint density at radius 2 is 1.66 bits per heavy atom. The summed E-state index contributed by atoms with van der Waals surface area (Å²) in [5.41, 5.74) is 1.95. The average molecular weight is 504 g/mol. The quantitative estimate of drug-likeness (QED) is 0.305. The van der Waals surface area contributed by atoms with Gasteiger partial charge in [-0.1, -0.05) is 43.2 Å². The van der Waals surface area contributed by atoms with Crippen molar-refractivity contribution >= 4 is 23.8 Å². The number of hydrogen-bond acceptors (Lipinski definition) is 6. The summed E-state index contributed by atoms with van der Waals surface area (Å²) in [5, 5.41) is 9.25. The van der Waals surface area contributed by atoms with Crippen LogP contribution < -0.4 is 9.47 Å². The smallest absolute Gasteiger partial charge is 0.415 e. The number of carboxylic acids is 1. The second kappa shape index (κ2) is 16.1. The fraction of sp³-hybridized carbons (Fsp3) is 0.481. The lowest BCUT2D eigenvalue weighted by Crippen LogP contribution is -2.38.